The number of hydrogen-bond donors (Lipinski definition) is 3. The largest absolute Gasteiger partial charge is 0.486 e. The van der Waals surface area contributed by atoms with Crippen molar-refractivity contribution >= 4 is 19.1 Å². The first-order chi connectivity index (χ1) is 23.2. The molecular weight excluding hydrogens is 639 g/mol. The van der Waals surface area contributed by atoms with Crippen molar-refractivity contribution in [3.05, 3.63) is 47.0 Å². The molecule has 12 nitrogen and oxygen atoms in total. The second kappa shape index (κ2) is 13.1. The number of benzene rings is 1. The molecule has 5 aliphatic rings. The maximum Gasteiger partial charge on any atom is 0.457 e. The van der Waals surface area contributed by atoms with Crippen molar-refractivity contribution in [3.63, 3.8) is 0 Å². The summed E-state index contributed by atoms with van der Waals surface area (Å²) in [6, 6.07) is 2.91. The minimum Gasteiger partial charge on any atom is -0.486 e. The maximum atomic E-state index is 13.6. The number of aliphatic hydroxyl groups is 1. The van der Waals surface area contributed by atoms with Crippen molar-refractivity contribution in [1.29, 1.82) is 0 Å². The lowest BCUT2D eigenvalue weighted by molar-refractivity contribution is -0.199. The fourth-order valence-corrected chi connectivity index (χ4v) is 8.35. The molecule has 2 saturated heterocycles. The number of likely N-dealkylation sites (tertiary alicyclic amines) is 1. The highest BCUT2D eigenvalue weighted by Crippen LogP contribution is 2.65. The second-order valence-electron chi connectivity index (χ2n) is 17.4. The standard InChI is InChI=1S/C37H55BN4O8/c1-21-22(13-14-38-49-28-16-23-15-27(36(23,8)9)37(28,10)50-38)11-12-26(29(21)32(44)47-34(2,3)4)46-24-18-42(19-24)31(43)30(25-17-39-20-40-25)41-33(45)48-35(5,6)7/h11-12,17,20,23-24,27-28,30,32,44H,13-16,18-19H2,1-10H3,(H,39,40)(H,41,45)/t23-,27-,28+,30+,32?,37-/m0/s1. The molecule has 2 aliphatic heterocycles. The van der Waals surface area contributed by atoms with Crippen LogP contribution in [-0.2, 0) is 30.0 Å². The highest BCUT2D eigenvalue weighted by atomic mass is 16.7. The first-order valence-corrected chi connectivity index (χ1v) is 18.0. The van der Waals surface area contributed by atoms with Gasteiger partial charge in [-0.25, -0.2) is 9.78 Å². The minimum atomic E-state index is -1.22. The van der Waals surface area contributed by atoms with E-state index in [2.05, 4.69) is 36.1 Å². The molecule has 50 heavy (non-hydrogen) atoms. The summed E-state index contributed by atoms with van der Waals surface area (Å²) in [5.74, 6) is 1.40. The predicted octanol–water partition coefficient (Wildman–Crippen LogP) is 5.65. The van der Waals surface area contributed by atoms with Crippen molar-refractivity contribution in [2.24, 2.45) is 17.3 Å². The third-order valence-electron chi connectivity index (χ3n) is 11.1. The lowest BCUT2D eigenvalue weighted by atomic mass is 9.43. The van der Waals surface area contributed by atoms with E-state index < -0.39 is 29.6 Å². The van der Waals surface area contributed by atoms with Gasteiger partial charge in [-0.05, 0) is 115 Å². The zero-order valence-electron chi connectivity index (χ0n) is 31.3. The molecule has 274 valence electrons. The van der Waals surface area contributed by atoms with E-state index in [0.29, 0.717) is 54.7 Å². The van der Waals surface area contributed by atoms with Crippen molar-refractivity contribution in [2.45, 2.75) is 136 Å². The molecule has 0 spiro atoms. The van der Waals surface area contributed by atoms with Gasteiger partial charge in [-0.15, -0.1) is 0 Å². The Morgan fingerprint density at radius 1 is 1.14 bits per heavy atom. The summed E-state index contributed by atoms with van der Waals surface area (Å²) >= 11 is 0. The number of H-pyrrole nitrogens is 1. The summed E-state index contributed by atoms with van der Waals surface area (Å²) < 4.78 is 31.0. The summed E-state index contributed by atoms with van der Waals surface area (Å²) in [6.07, 6.45) is 4.52. The number of amides is 2. The van der Waals surface area contributed by atoms with Gasteiger partial charge in [0.05, 0.1) is 54.2 Å². The lowest BCUT2D eigenvalue weighted by Gasteiger charge is -2.64. The van der Waals surface area contributed by atoms with Crippen LogP contribution in [0.4, 0.5) is 4.79 Å². The number of ether oxygens (including phenoxy) is 3. The number of carbonyl (C=O) groups is 2. The summed E-state index contributed by atoms with van der Waals surface area (Å²) in [5.41, 5.74) is 1.67. The molecule has 5 fully saturated rings. The molecule has 3 heterocycles. The molecule has 3 N–H and O–H groups in total. The number of nitrogens with zero attached hydrogens (tertiary/aromatic N) is 2. The highest BCUT2D eigenvalue weighted by molar-refractivity contribution is 6.45. The fourth-order valence-electron chi connectivity index (χ4n) is 8.35. The van der Waals surface area contributed by atoms with Crippen LogP contribution < -0.4 is 10.1 Å². The Morgan fingerprint density at radius 3 is 2.48 bits per heavy atom. The van der Waals surface area contributed by atoms with Crippen molar-refractivity contribution in [1.82, 2.24) is 20.2 Å². The van der Waals surface area contributed by atoms with Gasteiger partial charge in [-0.1, -0.05) is 19.9 Å². The molecule has 2 bridgehead atoms. The van der Waals surface area contributed by atoms with Crippen molar-refractivity contribution in [2.75, 3.05) is 13.1 Å². The van der Waals surface area contributed by atoms with Crippen molar-refractivity contribution in [3.8, 4) is 5.75 Å². The first kappa shape index (κ1) is 36.7. The molecule has 1 unspecified atom stereocenters. The molecular formula is C37H55BN4O8. The molecule has 1 aromatic carbocycles. The minimum absolute atomic E-state index is 0.135. The van der Waals surface area contributed by atoms with E-state index in [4.69, 9.17) is 23.5 Å². The van der Waals surface area contributed by atoms with Gasteiger partial charge in [0, 0.05) is 0 Å². The summed E-state index contributed by atoms with van der Waals surface area (Å²) in [4.78, 5) is 34.7. The van der Waals surface area contributed by atoms with Gasteiger partial charge in [-0.3, -0.25) is 4.79 Å². The molecule has 3 aliphatic carbocycles. The summed E-state index contributed by atoms with van der Waals surface area (Å²) in [5, 5.41) is 14.1. The Labute approximate surface area is 296 Å². The molecule has 0 radical (unpaired) electrons. The van der Waals surface area contributed by atoms with Crippen LogP contribution in [0.5, 0.6) is 5.75 Å². The average molecular weight is 695 g/mol. The maximum absolute atomic E-state index is 13.6. The van der Waals surface area contributed by atoms with Crippen LogP contribution in [0.2, 0.25) is 6.32 Å². The van der Waals surface area contributed by atoms with E-state index in [1.165, 1.54) is 18.9 Å². The molecule has 2 aromatic rings. The van der Waals surface area contributed by atoms with Crippen LogP contribution in [0.3, 0.4) is 0 Å². The second-order valence-corrected chi connectivity index (χ2v) is 17.4. The van der Waals surface area contributed by atoms with Crippen molar-refractivity contribution < 1.29 is 38.2 Å². The molecule has 3 saturated carbocycles. The molecule has 1 aromatic heterocycles. The van der Waals surface area contributed by atoms with Gasteiger partial charge in [0.2, 0.25) is 0 Å². The predicted molar refractivity (Wildman–Crippen MR) is 187 cm³/mol. The number of alkyl carbamates (subject to hydrolysis) is 1. The Kier molecular flexibility index (Phi) is 9.63. The van der Waals surface area contributed by atoms with Crippen LogP contribution in [0.1, 0.15) is 110 Å². The Bertz CT molecular complexity index is 1560. The average Bonchev–Trinajstić information content (AvgIpc) is 3.62. The van der Waals surface area contributed by atoms with Gasteiger partial charge >= 0.3 is 13.2 Å². The van der Waals surface area contributed by atoms with Crippen LogP contribution in [0.25, 0.3) is 0 Å². The van der Waals surface area contributed by atoms with Gasteiger partial charge < -0.3 is 43.8 Å². The monoisotopic (exact) mass is 694 g/mol. The van der Waals surface area contributed by atoms with Gasteiger partial charge in [-0.2, -0.15) is 0 Å². The van der Waals surface area contributed by atoms with E-state index in [-0.39, 0.29) is 36.2 Å². The number of aryl methyl sites for hydroxylation is 1. The number of aromatic amines is 1. The van der Waals surface area contributed by atoms with Gasteiger partial charge in [0.15, 0.2) is 12.3 Å². The third kappa shape index (κ3) is 7.29. The number of imidazole rings is 1. The van der Waals surface area contributed by atoms with Gasteiger partial charge in [0.25, 0.3) is 5.91 Å². The zero-order chi connectivity index (χ0) is 36.4. The normalized spacial score (nSPS) is 27.1. The Morgan fingerprint density at radius 2 is 1.86 bits per heavy atom. The van der Waals surface area contributed by atoms with Crippen LogP contribution in [-0.4, -0.2) is 81.2 Å². The zero-order valence-corrected chi connectivity index (χ0v) is 31.3. The van der Waals surface area contributed by atoms with E-state index in [1.54, 1.807) is 25.7 Å². The van der Waals surface area contributed by atoms with E-state index in [9.17, 15) is 14.7 Å². The van der Waals surface area contributed by atoms with E-state index in [1.807, 2.05) is 39.8 Å². The lowest BCUT2D eigenvalue weighted by Crippen LogP contribution is -2.65. The fraction of sp³-hybridized carbons (Fsp3) is 0.703. The van der Waals surface area contributed by atoms with E-state index in [0.717, 1.165) is 17.5 Å². The third-order valence-corrected chi connectivity index (χ3v) is 11.1. The Balaban J connectivity index is 1.12. The molecule has 2 amide bonds. The van der Waals surface area contributed by atoms with Crippen LogP contribution >= 0.6 is 0 Å². The van der Waals surface area contributed by atoms with Gasteiger partial charge in [0.1, 0.15) is 17.5 Å². The van der Waals surface area contributed by atoms with Crippen LogP contribution in [0, 0.1) is 24.2 Å². The first-order valence-electron chi connectivity index (χ1n) is 18.0. The number of hydrogen-bond acceptors (Lipinski definition) is 9. The SMILES string of the molecule is Cc1c(CCB2O[C@@H]3C[C@@H]4C[C@@H](C4(C)C)[C@]3(C)O2)ccc(OC2CN(C(=O)[C@H](NC(=O)OC(C)(C)C)c3cnc[nH]3)C2)c1C(O)OC(C)(C)C. The van der Waals surface area contributed by atoms with Crippen LogP contribution in [0.15, 0.2) is 24.7 Å². The number of aliphatic hydroxyl groups excluding tert-OH is 1. The molecule has 7 rings (SSSR count). The highest BCUT2D eigenvalue weighted by Gasteiger charge is 2.67. The number of rotatable bonds is 10. The quantitative estimate of drug-likeness (QED) is 0.212. The number of carbonyl (C=O) groups excluding carboxylic acids is 2. The summed E-state index contributed by atoms with van der Waals surface area (Å²) in [6.45, 7) is 20.5. The Hall–Kier alpha value is -3.13. The summed E-state index contributed by atoms with van der Waals surface area (Å²) in [7, 11) is -0.274. The molecule has 6 atom stereocenters. The topological polar surface area (TPSA) is 144 Å². The molecule has 13 heteroatoms. The smallest absolute Gasteiger partial charge is 0.457 e. The number of aromatic nitrogens is 2. The van der Waals surface area contributed by atoms with E-state index >= 15 is 0 Å². The number of nitrogens with one attached hydrogen (secondary N) is 2.